The fourth-order valence-electron chi connectivity index (χ4n) is 1.87. The van der Waals surface area contributed by atoms with Crippen LogP contribution in [-0.2, 0) is 0 Å². The molecule has 0 spiro atoms. The van der Waals surface area contributed by atoms with Crippen LogP contribution in [0.3, 0.4) is 0 Å². The molecule has 0 saturated carbocycles. The van der Waals surface area contributed by atoms with Gasteiger partial charge in [0.15, 0.2) is 0 Å². The molecule has 5 N–H and O–H groups in total. The second-order valence-electron chi connectivity index (χ2n) is 3.65. The lowest BCUT2D eigenvalue weighted by molar-refractivity contribution is 0.0999. The van der Waals surface area contributed by atoms with Gasteiger partial charge in [0, 0.05) is 12.6 Å². The molecule has 0 aliphatic heterocycles. The van der Waals surface area contributed by atoms with E-state index in [-0.39, 0.29) is 0 Å². The molecule has 1 rings (SSSR count). The van der Waals surface area contributed by atoms with Crippen LogP contribution in [0.5, 0.6) is 0 Å². The zero-order valence-corrected chi connectivity index (χ0v) is 9.56. The molecule has 4 heteroatoms. The van der Waals surface area contributed by atoms with Crippen LogP contribution >= 0.6 is 0 Å². The summed E-state index contributed by atoms with van der Waals surface area (Å²) >= 11 is 0. The Morgan fingerprint density at radius 1 is 1.13 bits per heavy atom. The Bertz CT molecular complexity index is 395. The molecular formula is C11H17N3O. The second-order valence-corrected chi connectivity index (χ2v) is 3.65. The van der Waals surface area contributed by atoms with Crippen molar-refractivity contribution >= 4 is 17.3 Å². The summed E-state index contributed by atoms with van der Waals surface area (Å²) in [5.74, 6) is -0.428. The number of anilines is 2. The van der Waals surface area contributed by atoms with E-state index in [9.17, 15) is 4.79 Å². The largest absolute Gasteiger partial charge is 0.397 e. The topological polar surface area (TPSA) is 81.1 Å². The van der Waals surface area contributed by atoms with Crippen molar-refractivity contribution in [3.8, 4) is 0 Å². The predicted octanol–water partition coefficient (Wildman–Crippen LogP) is 1.33. The van der Waals surface area contributed by atoms with Gasteiger partial charge in [-0.3, -0.25) is 4.79 Å². The van der Waals surface area contributed by atoms with Gasteiger partial charge in [0.2, 0.25) is 5.91 Å². The van der Waals surface area contributed by atoms with Crippen LogP contribution in [0.25, 0.3) is 0 Å². The number of carbonyl (C=O) groups excluding carboxylic acids is 1. The first kappa shape index (κ1) is 11.4. The number of nitrogens with one attached hydrogen (secondary N) is 1. The number of benzene rings is 1. The predicted molar refractivity (Wildman–Crippen MR) is 63.1 cm³/mol. The molecule has 0 aliphatic rings. The van der Waals surface area contributed by atoms with Gasteiger partial charge in [0.05, 0.1) is 11.4 Å². The first-order valence-electron chi connectivity index (χ1n) is 4.78. The first-order valence-corrected chi connectivity index (χ1v) is 4.78. The van der Waals surface area contributed by atoms with Gasteiger partial charge < -0.3 is 16.8 Å². The van der Waals surface area contributed by atoms with E-state index in [0.29, 0.717) is 11.3 Å². The molecule has 82 valence electrons. The maximum Gasteiger partial charge on any atom is 0.249 e. The van der Waals surface area contributed by atoms with E-state index in [2.05, 4.69) is 5.32 Å². The number of amides is 1. The van der Waals surface area contributed by atoms with Gasteiger partial charge in [0.1, 0.15) is 0 Å². The van der Waals surface area contributed by atoms with Crippen molar-refractivity contribution in [2.24, 2.45) is 5.73 Å². The summed E-state index contributed by atoms with van der Waals surface area (Å²) in [7, 11) is 1.81. The third-order valence-electron chi connectivity index (χ3n) is 2.86. The summed E-state index contributed by atoms with van der Waals surface area (Å²) in [6, 6.07) is 0. The van der Waals surface area contributed by atoms with Gasteiger partial charge in [-0.15, -0.1) is 0 Å². The third kappa shape index (κ3) is 1.63. The smallest absolute Gasteiger partial charge is 0.249 e. The average Bonchev–Trinajstić information content (AvgIpc) is 2.16. The summed E-state index contributed by atoms with van der Waals surface area (Å²) in [5, 5.41) is 3.03. The van der Waals surface area contributed by atoms with Gasteiger partial charge in [-0.05, 0) is 37.5 Å². The highest BCUT2D eigenvalue weighted by atomic mass is 16.1. The van der Waals surface area contributed by atoms with Crippen molar-refractivity contribution in [1.29, 1.82) is 0 Å². The molecule has 0 unspecified atom stereocenters. The Labute approximate surface area is 89.6 Å². The van der Waals surface area contributed by atoms with Crippen molar-refractivity contribution in [2.75, 3.05) is 18.1 Å². The van der Waals surface area contributed by atoms with Crippen molar-refractivity contribution in [1.82, 2.24) is 0 Å². The summed E-state index contributed by atoms with van der Waals surface area (Å²) in [6.45, 7) is 5.61. The highest BCUT2D eigenvalue weighted by Gasteiger charge is 2.17. The molecule has 0 bridgehead atoms. The van der Waals surface area contributed by atoms with Crippen molar-refractivity contribution < 1.29 is 4.79 Å². The minimum atomic E-state index is -0.428. The highest BCUT2D eigenvalue weighted by molar-refractivity contribution is 5.99. The number of hydrogen-bond acceptors (Lipinski definition) is 3. The second kappa shape index (κ2) is 3.81. The standard InChI is InChI=1S/C11H17N3O/c1-5-6(2)10(14-4)9(12)7(3)8(5)11(13)15/h14H,12H2,1-4H3,(H2,13,15). The summed E-state index contributed by atoms with van der Waals surface area (Å²) in [4.78, 5) is 11.3. The van der Waals surface area contributed by atoms with Gasteiger partial charge in [-0.1, -0.05) is 0 Å². The SMILES string of the molecule is CNc1c(C)c(C)c(C(N)=O)c(C)c1N. The molecule has 0 radical (unpaired) electrons. The molecule has 0 aromatic heterocycles. The molecule has 1 aromatic rings. The van der Waals surface area contributed by atoms with E-state index < -0.39 is 5.91 Å². The van der Waals surface area contributed by atoms with Gasteiger partial charge >= 0.3 is 0 Å². The minimum Gasteiger partial charge on any atom is -0.397 e. The maximum atomic E-state index is 11.3. The first-order chi connectivity index (χ1) is 6.91. The molecule has 15 heavy (non-hydrogen) atoms. The number of hydrogen-bond donors (Lipinski definition) is 3. The quantitative estimate of drug-likeness (QED) is 0.640. The zero-order valence-electron chi connectivity index (χ0n) is 9.56. The average molecular weight is 207 g/mol. The fourth-order valence-corrected chi connectivity index (χ4v) is 1.87. The lowest BCUT2D eigenvalue weighted by Crippen LogP contribution is -2.17. The molecule has 1 aromatic carbocycles. The number of nitrogens with two attached hydrogens (primary N) is 2. The Morgan fingerprint density at radius 2 is 1.67 bits per heavy atom. The number of primary amides is 1. The minimum absolute atomic E-state index is 0.428. The zero-order chi connectivity index (χ0) is 11.7. The van der Waals surface area contributed by atoms with Crippen molar-refractivity contribution in [3.05, 3.63) is 22.3 Å². The molecule has 0 fully saturated rings. The Hall–Kier alpha value is -1.71. The lowest BCUT2D eigenvalue weighted by atomic mass is 9.94. The maximum absolute atomic E-state index is 11.3. The Balaban J connectivity index is 3.66. The van der Waals surface area contributed by atoms with Crippen LogP contribution in [-0.4, -0.2) is 13.0 Å². The molecule has 0 saturated heterocycles. The molecule has 0 heterocycles. The summed E-state index contributed by atoms with van der Waals surface area (Å²) < 4.78 is 0. The van der Waals surface area contributed by atoms with E-state index in [1.165, 1.54) is 0 Å². The van der Waals surface area contributed by atoms with Gasteiger partial charge in [-0.25, -0.2) is 0 Å². The summed E-state index contributed by atoms with van der Waals surface area (Å²) in [5.41, 5.74) is 15.9. The molecule has 1 amide bonds. The number of rotatable bonds is 2. The molecule has 0 atom stereocenters. The van der Waals surface area contributed by atoms with Crippen LogP contribution in [0, 0.1) is 20.8 Å². The van der Waals surface area contributed by atoms with Gasteiger partial charge in [-0.2, -0.15) is 0 Å². The van der Waals surface area contributed by atoms with E-state index in [0.717, 1.165) is 22.4 Å². The van der Waals surface area contributed by atoms with E-state index in [4.69, 9.17) is 11.5 Å². The lowest BCUT2D eigenvalue weighted by Gasteiger charge is -2.17. The highest BCUT2D eigenvalue weighted by Crippen LogP contribution is 2.32. The van der Waals surface area contributed by atoms with Crippen molar-refractivity contribution in [2.45, 2.75) is 20.8 Å². The molecule has 0 aliphatic carbocycles. The van der Waals surface area contributed by atoms with Gasteiger partial charge in [0.25, 0.3) is 0 Å². The Morgan fingerprint density at radius 3 is 2.07 bits per heavy atom. The fraction of sp³-hybridized carbons (Fsp3) is 0.364. The Kier molecular flexibility index (Phi) is 2.88. The number of nitrogen functional groups attached to an aromatic ring is 1. The van der Waals surface area contributed by atoms with E-state index in [1.54, 1.807) is 0 Å². The van der Waals surface area contributed by atoms with E-state index in [1.807, 2.05) is 27.8 Å². The van der Waals surface area contributed by atoms with Crippen LogP contribution in [0.2, 0.25) is 0 Å². The van der Waals surface area contributed by atoms with Crippen LogP contribution in [0.4, 0.5) is 11.4 Å². The molecular weight excluding hydrogens is 190 g/mol. The van der Waals surface area contributed by atoms with Crippen molar-refractivity contribution in [3.63, 3.8) is 0 Å². The number of carbonyl (C=O) groups is 1. The normalized spacial score (nSPS) is 10.1. The third-order valence-corrected chi connectivity index (χ3v) is 2.86. The van der Waals surface area contributed by atoms with Crippen LogP contribution in [0.1, 0.15) is 27.0 Å². The van der Waals surface area contributed by atoms with E-state index >= 15 is 0 Å². The van der Waals surface area contributed by atoms with Crippen LogP contribution < -0.4 is 16.8 Å². The van der Waals surface area contributed by atoms with Crippen LogP contribution in [0.15, 0.2) is 0 Å². The monoisotopic (exact) mass is 207 g/mol. The molecule has 4 nitrogen and oxygen atoms in total. The summed E-state index contributed by atoms with van der Waals surface area (Å²) in [6.07, 6.45) is 0.